The number of nitrogens with two attached hydrogens (primary N) is 1. The van der Waals surface area contributed by atoms with Crippen LogP contribution in [0.15, 0.2) is 34.9 Å². The first-order chi connectivity index (χ1) is 8.49. The number of benzene rings is 1. The lowest BCUT2D eigenvalue weighted by atomic mass is 10.1. The molecular weight excluding hydrogens is 245 g/mol. The van der Waals surface area contributed by atoms with E-state index in [4.69, 9.17) is 10.2 Å². The third-order valence-electron chi connectivity index (χ3n) is 2.41. The van der Waals surface area contributed by atoms with E-state index in [0.717, 1.165) is 12.1 Å². The van der Waals surface area contributed by atoms with Gasteiger partial charge in [-0.05, 0) is 11.6 Å². The second kappa shape index (κ2) is 4.81. The first-order valence-electron chi connectivity index (χ1n) is 5.29. The third-order valence-corrected chi connectivity index (χ3v) is 2.41. The van der Waals surface area contributed by atoms with Crippen LogP contribution >= 0.6 is 0 Å². The van der Waals surface area contributed by atoms with E-state index < -0.39 is 11.7 Å². The van der Waals surface area contributed by atoms with Gasteiger partial charge in [0, 0.05) is 6.42 Å². The molecule has 3 nitrogen and oxygen atoms in total. The molecule has 0 aliphatic carbocycles. The van der Waals surface area contributed by atoms with Gasteiger partial charge < -0.3 is 10.2 Å². The standard InChI is InChI=1S/C12H11F3N2O/c13-12(14,15)9-3-1-2-8(4-9)5-11-17-7-10(6-16)18-11/h1-4,7H,5-6,16H2. The highest BCUT2D eigenvalue weighted by Crippen LogP contribution is 2.29. The summed E-state index contributed by atoms with van der Waals surface area (Å²) in [5.41, 5.74) is 5.18. The Balaban J connectivity index is 2.19. The summed E-state index contributed by atoms with van der Waals surface area (Å²) >= 11 is 0. The van der Waals surface area contributed by atoms with Gasteiger partial charge in [-0.2, -0.15) is 13.2 Å². The van der Waals surface area contributed by atoms with Gasteiger partial charge in [-0.3, -0.25) is 0 Å². The molecule has 2 rings (SSSR count). The topological polar surface area (TPSA) is 52.0 Å². The fraction of sp³-hybridized carbons (Fsp3) is 0.250. The molecule has 2 aromatic rings. The lowest BCUT2D eigenvalue weighted by Crippen LogP contribution is -2.05. The van der Waals surface area contributed by atoms with E-state index >= 15 is 0 Å². The van der Waals surface area contributed by atoms with E-state index in [0.29, 0.717) is 17.2 Å². The minimum Gasteiger partial charge on any atom is -0.444 e. The van der Waals surface area contributed by atoms with Crippen molar-refractivity contribution in [1.29, 1.82) is 0 Å². The highest BCUT2D eigenvalue weighted by molar-refractivity contribution is 5.27. The van der Waals surface area contributed by atoms with Crippen LogP contribution in [-0.2, 0) is 19.1 Å². The van der Waals surface area contributed by atoms with Crippen LogP contribution in [0.4, 0.5) is 13.2 Å². The molecule has 1 heterocycles. The molecule has 0 aliphatic rings. The number of rotatable bonds is 3. The number of halogens is 3. The monoisotopic (exact) mass is 256 g/mol. The van der Waals surface area contributed by atoms with E-state index in [1.54, 1.807) is 6.07 Å². The van der Waals surface area contributed by atoms with E-state index in [2.05, 4.69) is 4.98 Å². The van der Waals surface area contributed by atoms with Gasteiger partial charge in [-0.15, -0.1) is 0 Å². The molecule has 0 atom stereocenters. The summed E-state index contributed by atoms with van der Waals surface area (Å²) in [5.74, 6) is 0.867. The van der Waals surface area contributed by atoms with E-state index in [9.17, 15) is 13.2 Å². The van der Waals surface area contributed by atoms with Gasteiger partial charge in [0.15, 0.2) is 5.89 Å². The molecule has 0 saturated heterocycles. The van der Waals surface area contributed by atoms with Crippen molar-refractivity contribution in [2.24, 2.45) is 5.73 Å². The van der Waals surface area contributed by atoms with Crippen LogP contribution in [-0.4, -0.2) is 4.98 Å². The minimum absolute atomic E-state index is 0.212. The SMILES string of the molecule is NCc1cnc(Cc2cccc(C(F)(F)F)c2)o1. The molecule has 0 radical (unpaired) electrons. The zero-order valence-corrected chi connectivity index (χ0v) is 9.37. The van der Waals surface area contributed by atoms with Crippen molar-refractivity contribution in [3.63, 3.8) is 0 Å². The smallest absolute Gasteiger partial charge is 0.416 e. The Morgan fingerprint density at radius 1 is 1.28 bits per heavy atom. The molecule has 2 N–H and O–H groups in total. The summed E-state index contributed by atoms with van der Waals surface area (Å²) in [7, 11) is 0. The van der Waals surface area contributed by atoms with Crippen molar-refractivity contribution < 1.29 is 17.6 Å². The molecule has 1 aromatic carbocycles. The van der Waals surface area contributed by atoms with Crippen LogP contribution < -0.4 is 5.73 Å². The number of nitrogens with zero attached hydrogens (tertiary/aromatic N) is 1. The summed E-state index contributed by atoms with van der Waals surface area (Å²) in [6, 6.07) is 5.09. The highest BCUT2D eigenvalue weighted by Gasteiger charge is 2.30. The molecule has 0 spiro atoms. The predicted molar refractivity (Wildman–Crippen MR) is 58.6 cm³/mol. The molecule has 6 heteroatoms. The second-order valence-corrected chi connectivity index (χ2v) is 3.80. The first kappa shape index (κ1) is 12.6. The molecule has 0 saturated carbocycles. The quantitative estimate of drug-likeness (QED) is 0.918. The average molecular weight is 256 g/mol. The van der Waals surface area contributed by atoms with Crippen molar-refractivity contribution in [2.45, 2.75) is 19.1 Å². The third kappa shape index (κ3) is 2.89. The fourth-order valence-corrected chi connectivity index (χ4v) is 1.56. The maximum Gasteiger partial charge on any atom is 0.416 e. The van der Waals surface area contributed by atoms with Crippen LogP contribution in [0.3, 0.4) is 0 Å². The predicted octanol–water partition coefficient (Wildman–Crippen LogP) is 2.74. The van der Waals surface area contributed by atoms with Crippen molar-refractivity contribution >= 4 is 0 Å². The van der Waals surface area contributed by atoms with Gasteiger partial charge in [-0.25, -0.2) is 4.98 Å². The number of aromatic nitrogens is 1. The molecule has 1 aromatic heterocycles. The fourth-order valence-electron chi connectivity index (χ4n) is 1.56. The largest absolute Gasteiger partial charge is 0.444 e. The normalized spacial score (nSPS) is 11.8. The summed E-state index contributed by atoms with van der Waals surface area (Å²) in [6.07, 6.45) is -2.65. The van der Waals surface area contributed by atoms with Crippen molar-refractivity contribution in [1.82, 2.24) is 4.98 Å². The molecule has 96 valence electrons. The van der Waals surface area contributed by atoms with Crippen LogP contribution in [0.25, 0.3) is 0 Å². The van der Waals surface area contributed by atoms with Crippen molar-refractivity contribution in [2.75, 3.05) is 0 Å². The Morgan fingerprint density at radius 3 is 2.67 bits per heavy atom. The minimum atomic E-state index is -4.34. The Bertz CT molecular complexity index is 534. The zero-order chi connectivity index (χ0) is 13.2. The van der Waals surface area contributed by atoms with Crippen molar-refractivity contribution in [3.05, 3.63) is 53.2 Å². The first-order valence-corrected chi connectivity index (χ1v) is 5.29. The van der Waals surface area contributed by atoms with Gasteiger partial charge in [0.05, 0.1) is 18.3 Å². The number of oxazole rings is 1. The Kier molecular flexibility index (Phi) is 3.38. The van der Waals surface area contributed by atoms with E-state index in [1.165, 1.54) is 12.3 Å². The maximum atomic E-state index is 12.5. The van der Waals surface area contributed by atoms with E-state index in [1.807, 2.05) is 0 Å². The van der Waals surface area contributed by atoms with Gasteiger partial charge in [-0.1, -0.05) is 18.2 Å². The lowest BCUT2D eigenvalue weighted by Gasteiger charge is -2.07. The summed E-state index contributed by atoms with van der Waals surface area (Å²) in [6.45, 7) is 0.218. The van der Waals surface area contributed by atoms with Crippen LogP contribution in [0.5, 0.6) is 0 Å². The number of hydrogen-bond acceptors (Lipinski definition) is 3. The molecule has 18 heavy (non-hydrogen) atoms. The van der Waals surface area contributed by atoms with Gasteiger partial charge >= 0.3 is 6.18 Å². The van der Waals surface area contributed by atoms with Crippen LogP contribution in [0, 0.1) is 0 Å². The van der Waals surface area contributed by atoms with Gasteiger partial charge in [0.2, 0.25) is 0 Å². The molecule has 0 unspecified atom stereocenters. The summed E-state index contributed by atoms with van der Waals surface area (Å²) in [5, 5.41) is 0. The zero-order valence-electron chi connectivity index (χ0n) is 9.37. The number of alkyl halides is 3. The van der Waals surface area contributed by atoms with E-state index in [-0.39, 0.29) is 13.0 Å². The highest BCUT2D eigenvalue weighted by atomic mass is 19.4. The van der Waals surface area contributed by atoms with Crippen LogP contribution in [0.1, 0.15) is 22.8 Å². The van der Waals surface area contributed by atoms with Gasteiger partial charge in [0.25, 0.3) is 0 Å². The lowest BCUT2D eigenvalue weighted by molar-refractivity contribution is -0.137. The van der Waals surface area contributed by atoms with Crippen molar-refractivity contribution in [3.8, 4) is 0 Å². The summed E-state index contributed by atoms with van der Waals surface area (Å²) in [4.78, 5) is 3.95. The Labute approximate surface area is 101 Å². The molecule has 0 bridgehead atoms. The average Bonchev–Trinajstić information content (AvgIpc) is 2.76. The Morgan fingerprint density at radius 2 is 2.06 bits per heavy atom. The maximum absolute atomic E-state index is 12.5. The second-order valence-electron chi connectivity index (χ2n) is 3.80. The Hall–Kier alpha value is -1.82. The molecular formula is C12H11F3N2O. The molecule has 0 aliphatic heterocycles. The summed E-state index contributed by atoms with van der Waals surface area (Å²) < 4.78 is 42.8. The molecule has 0 amide bonds. The number of hydrogen-bond donors (Lipinski definition) is 1. The molecule has 0 fully saturated rings. The van der Waals surface area contributed by atoms with Crippen LogP contribution in [0.2, 0.25) is 0 Å². The van der Waals surface area contributed by atoms with Gasteiger partial charge in [0.1, 0.15) is 5.76 Å².